The number of thioether (sulfide) groups is 1. The average Bonchev–Trinajstić information content (AvgIpc) is 3.09. The second-order valence-electron chi connectivity index (χ2n) is 5.63. The monoisotopic (exact) mass is 435 g/mol. The van der Waals surface area contributed by atoms with Crippen LogP contribution in [-0.2, 0) is 4.79 Å². The molecule has 144 valence electrons. The van der Waals surface area contributed by atoms with Gasteiger partial charge in [0, 0.05) is 17.4 Å². The number of hydrogen-bond acceptors (Lipinski definition) is 8. The highest BCUT2D eigenvalue weighted by Crippen LogP contribution is 2.29. The Balaban J connectivity index is 1.54. The van der Waals surface area contributed by atoms with Crippen molar-refractivity contribution in [2.75, 3.05) is 16.4 Å². The first-order chi connectivity index (χ1) is 13.4. The number of nitrogens with zero attached hydrogens (tertiary/aromatic N) is 3. The lowest BCUT2D eigenvalue weighted by molar-refractivity contribution is -0.384. The molecule has 0 unspecified atom stereocenters. The maximum Gasteiger partial charge on any atom is 0.289 e. The molecule has 0 aliphatic heterocycles. The van der Waals surface area contributed by atoms with Gasteiger partial charge >= 0.3 is 0 Å². The zero-order chi connectivity index (χ0) is 20.1. The molecule has 0 fully saturated rings. The maximum atomic E-state index is 12.1. The van der Waals surface area contributed by atoms with Crippen LogP contribution >= 0.6 is 34.7 Å². The quantitative estimate of drug-likeness (QED) is 0.309. The number of nitro groups is 1. The minimum atomic E-state index is -0.600. The molecule has 8 nitrogen and oxygen atoms in total. The molecule has 3 rings (SSSR count). The molecule has 2 aromatic carbocycles. The van der Waals surface area contributed by atoms with Gasteiger partial charge in [-0.05, 0) is 36.8 Å². The Morgan fingerprint density at radius 3 is 2.82 bits per heavy atom. The third-order valence-corrected chi connectivity index (χ3v) is 5.72. The molecule has 0 spiro atoms. The molecule has 2 N–H and O–H groups in total. The fourth-order valence-electron chi connectivity index (χ4n) is 2.22. The zero-order valence-corrected chi connectivity index (χ0v) is 16.9. The third kappa shape index (κ3) is 5.41. The van der Waals surface area contributed by atoms with Crippen LogP contribution in [0, 0.1) is 17.0 Å². The Labute approximate surface area is 173 Å². The largest absolute Gasteiger partial charge is 0.330 e. The molecule has 0 saturated carbocycles. The molecule has 1 aromatic heterocycles. The van der Waals surface area contributed by atoms with Crippen molar-refractivity contribution >= 4 is 62.8 Å². The molecule has 0 radical (unpaired) electrons. The number of aryl methyl sites for hydroxylation is 1. The van der Waals surface area contributed by atoms with Crippen molar-refractivity contribution in [3.8, 4) is 0 Å². The fraction of sp³-hybridized carbons (Fsp3) is 0.118. The van der Waals surface area contributed by atoms with Crippen LogP contribution in [0.4, 0.5) is 22.2 Å². The summed E-state index contributed by atoms with van der Waals surface area (Å²) in [5.41, 5.74) is 2.09. The number of nitro benzene ring substituents is 1. The van der Waals surface area contributed by atoms with Gasteiger partial charge in [-0.15, -0.1) is 10.2 Å². The number of aromatic nitrogens is 2. The number of hydrogen-bond donors (Lipinski definition) is 2. The van der Waals surface area contributed by atoms with Crippen molar-refractivity contribution in [1.29, 1.82) is 0 Å². The number of amides is 1. The molecular weight excluding hydrogens is 422 g/mol. The molecule has 0 aliphatic carbocycles. The molecule has 0 aliphatic rings. The number of nitrogens with one attached hydrogen (secondary N) is 2. The number of halogens is 1. The summed E-state index contributed by atoms with van der Waals surface area (Å²) in [6.45, 7) is 2.00. The topological polar surface area (TPSA) is 110 Å². The van der Waals surface area contributed by atoms with E-state index in [9.17, 15) is 14.9 Å². The highest BCUT2D eigenvalue weighted by molar-refractivity contribution is 8.01. The Bertz CT molecular complexity index is 1030. The third-order valence-electron chi connectivity index (χ3n) is 3.43. The lowest BCUT2D eigenvalue weighted by atomic mass is 10.2. The van der Waals surface area contributed by atoms with E-state index in [0.29, 0.717) is 15.2 Å². The summed E-state index contributed by atoms with van der Waals surface area (Å²) in [5.74, 6) is -0.222. The second-order valence-corrected chi connectivity index (χ2v) is 8.23. The van der Waals surface area contributed by atoms with Crippen LogP contribution in [-0.4, -0.2) is 26.8 Å². The summed E-state index contributed by atoms with van der Waals surface area (Å²) in [4.78, 5) is 22.4. The SMILES string of the molecule is Cc1cccc(Nc2nnc(SCC(=O)Nc3ccc(Cl)c([N+](=O)[O-])c3)s2)c1. The van der Waals surface area contributed by atoms with Crippen molar-refractivity contribution in [3.05, 3.63) is 63.2 Å². The summed E-state index contributed by atoms with van der Waals surface area (Å²) in [6, 6.07) is 12.0. The van der Waals surface area contributed by atoms with Crippen molar-refractivity contribution in [1.82, 2.24) is 10.2 Å². The molecule has 0 bridgehead atoms. The molecule has 1 heterocycles. The Kier molecular flexibility index (Phi) is 6.45. The molecule has 3 aromatic rings. The number of carbonyl (C=O) groups excluding carboxylic acids is 1. The van der Waals surface area contributed by atoms with Crippen LogP contribution in [0.25, 0.3) is 0 Å². The van der Waals surface area contributed by atoms with Crippen molar-refractivity contribution in [2.45, 2.75) is 11.3 Å². The lowest BCUT2D eigenvalue weighted by Gasteiger charge is -2.04. The summed E-state index contributed by atoms with van der Waals surface area (Å²) < 4.78 is 0.632. The second kappa shape index (κ2) is 9.00. The van der Waals surface area contributed by atoms with Crippen molar-refractivity contribution in [3.63, 3.8) is 0 Å². The highest BCUT2D eigenvalue weighted by Gasteiger charge is 2.14. The normalized spacial score (nSPS) is 10.5. The van der Waals surface area contributed by atoms with Crippen LogP contribution in [0.15, 0.2) is 46.8 Å². The van der Waals surface area contributed by atoms with E-state index >= 15 is 0 Å². The van der Waals surface area contributed by atoms with Gasteiger partial charge in [-0.25, -0.2) is 0 Å². The van der Waals surface area contributed by atoms with Gasteiger partial charge in [0.1, 0.15) is 5.02 Å². The maximum absolute atomic E-state index is 12.1. The van der Waals surface area contributed by atoms with Gasteiger partial charge in [0.25, 0.3) is 5.69 Å². The lowest BCUT2D eigenvalue weighted by Crippen LogP contribution is -2.14. The molecule has 1 amide bonds. The Morgan fingerprint density at radius 2 is 2.07 bits per heavy atom. The fourth-order valence-corrected chi connectivity index (χ4v) is 3.98. The molecule has 28 heavy (non-hydrogen) atoms. The first kappa shape index (κ1) is 20.1. The van der Waals surface area contributed by atoms with Gasteiger partial charge in [0.05, 0.1) is 10.7 Å². The minimum absolute atomic E-state index is 0.0138. The average molecular weight is 436 g/mol. The van der Waals surface area contributed by atoms with Crippen molar-refractivity contribution in [2.24, 2.45) is 0 Å². The van der Waals surface area contributed by atoms with Gasteiger partial charge < -0.3 is 10.6 Å². The Morgan fingerprint density at radius 1 is 1.25 bits per heavy atom. The number of anilines is 3. The standard InChI is InChI=1S/C17H14ClN5O3S2/c1-10-3-2-4-11(7-10)20-16-21-22-17(28-16)27-9-15(24)19-12-5-6-13(18)14(8-12)23(25)26/h2-8H,9H2,1H3,(H,19,24)(H,20,21). The van der Waals surface area contributed by atoms with E-state index in [4.69, 9.17) is 11.6 Å². The minimum Gasteiger partial charge on any atom is -0.330 e. The molecule has 0 saturated heterocycles. The van der Waals surface area contributed by atoms with Crippen LogP contribution in [0.3, 0.4) is 0 Å². The molecule has 0 atom stereocenters. The van der Waals surface area contributed by atoms with Crippen molar-refractivity contribution < 1.29 is 9.72 Å². The van der Waals surface area contributed by atoms with E-state index in [0.717, 1.165) is 11.3 Å². The van der Waals surface area contributed by atoms with Gasteiger partial charge in [0.2, 0.25) is 11.0 Å². The predicted molar refractivity (Wildman–Crippen MR) is 112 cm³/mol. The van der Waals surface area contributed by atoms with Crippen LogP contribution in [0.1, 0.15) is 5.56 Å². The van der Waals surface area contributed by atoms with Crippen LogP contribution < -0.4 is 10.6 Å². The van der Waals surface area contributed by atoms with Gasteiger partial charge in [0.15, 0.2) is 4.34 Å². The van der Waals surface area contributed by atoms with Crippen LogP contribution in [0.2, 0.25) is 5.02 Å². The summed E-state index contributed by atoms with van der Waals surface area (Å²) in [5, 5.41) is 25.4. The Hall–Kier alpha value is -2.69. The predicted octanol–water partition coefficient (Wildman–Crippen LogP) is 4.88. The van der Waals surface area contributed by atoms with Gasteiger partial charge in [-0.2, -0.15) is 0 Å². The van der Waals surface area contributed by atoms with E-state index in [2.05, 4.69) is 20.8 Å². The van der Waals surface area contributed by atoms with E-state index in [1.807, 2.05) is 31.2 Å². The molecule has 11 heteroatoms. The van der Waals surface area contributed by atoms with Crippen LogP contribution in [0.5, 0.6) is 0 Å². The van der Waals surface area contributed by atoms with E-state index in [1.165, 1.54) is 41.3 Å². The van der Waals surface area contributed by atoms with E-state index in [-0.39, 0.29) is 22.4 Å². The molecular formula is C17H14ClN5O3S2. The van der Waals surface area contributed by atoms with E-state index in [1.54, 1.807) is 0 Å². The summed E-state index contributed by atoms with van der Waals surface area (Å²) in [7, 11) is 0. The number of benzene rings is 2. The number of carbonyl (C=O) groups is 1. The zero-order valence-electron chi connectivity index (χ0n) is 14.5. The summed E-state index contributed by atoms with van der Waals surface area (Å²) >= 11 is 8.32. The van der Waals surface area contributed by atoms with Gasteiger partial charge in [-0.1, -0.05) is 46.8 Å². The first-order valence-corrected chi connectivity index (χ1v) is 10.1. The number of rotatable bonds is 7. The summed E-state index contributed by atoms with van der Waals surface area (Å²) in [6.07, 6.45) is 0. The smallest absolute Gasteiger partial charge is 0.289 e. The van der Waals surface area contributed by atoms with Gasteiger partial charge in [-0.3, -0.25) is 14.9 Å². The van der Waals surface area contributed by atoms with E-state index < -0.39 is 4.92 Å². The highest BCUT2D eigenvalue weighted by atomic mass is 35.5. The first-order valence-electron chi connectivity index (χ1n) is 7.94.